The number of halogens is 2. The van der Waals surface area contributed by atoms with E-state index in [1.54, 1.807) is 6.07 Å². The number of ether oxygens (including phenoxy) is 1. The number of Topliss-reactive ketones (excluding diaryl/α,β-unsaturated/α-hetero) is 1. The summed E-state index contributed by atoms with van der Waals surface area (Å²) in [5.74, 6) is -3.45. The van der Waals surface area contributed by atoms with Gasteiger partial charge in [0.15, 0.2) is 12.4 Å². The number of nitriles is 1. The van der Waals surface area contributed by atoms with Crippen LogP contribution in [0.4, 0.5) is 4.39 Å². The first-order chi connectivity index (χ1) is 9.36. The van der Waals surface area contributed by atoms with Crippen LogP contribution in [0, 0.1) is 28.5 Å². The number of nitrogens with zero attached hydrogens (tertiary/aromatic N) is 1. The Kier molecular flexibility index (Phi) is 5.35. The largest absolute Gasteiger partial charge is 0.454 e. The molecule has 0 aromatic heterocycles. The molecule has 20 heavy (non-hydrogen) atoms. The summed E-state index contributed by atoms with van der Waals surface area (Å²) in [5.41, 5.74) is -0.214. The van der Waals surface area contributed by atoms with Gasteiger partial charge in [0.05, 0.1) is 16.7 Å². The fraction of sp³-hybridized carbons (Fsp3) is 0.231. The van der Waals surface area contributed by atoms with Gasteiger partial charge < -0.3 is 10.1 Å². The Morgan fingerprint density at radius 1 is 1.55 bits per heavy atom. The number of esters is 1. The van der Waals surface area contributed by atoms with Gasteiger partial charge in [-0.15, -0.1) is 0 Å². The minimum absolute atomic E-state index is 0.0825. The highest BCUT2D eigenvalue weighted by molar-refractivity contribution is 6.33. The Hall–Kier alpha value is -2.26. The summed E-state index contributed by atoms with van der Waals surface area (Å²) in [6.45, 7) is 0.658. The van der Waals surface area contributed by atoms with Crippen molar-refractivity contribution in [3.05, 3.63) is 34.6 Å². The fourth-order valence-corrected chi connectivity index (χ4v) is 1.61. The van der Waals surface area contributed by atoms with Crippen LogP contribution >= 0.6 is 11.6 Å². The smallest absolute Gasteiger partial charge is 0.340 e. The molecule has 0 bridgehead atoms. The van der Waals surface area contributed by atoms with Crippen LogP contribution in [-0.4, -0.2) is 24.1 Å². The molecule has 5 nitrogen and oxygen atoms in total. The molecule has 0 spiro atoms. The topological polar surface area (TPSA) is 91.0 Å². The summed E-state index contributed by atoms with van der Waals surface area (Å²) in [6, 6.07) is 4.75. The van der Waals surface area contributed by atoms with Gasteiger partial charge >= 0.3 is 5.97 Å². The predicted molar refractivity (Wildman–Crippen MR) is 69.2 cm³/mol. The third-order valence-corrected chi connectivity index (χ3v) is 2.69. The third kappa shape index (κ3) is 3.87. The maximum absolute atomic E-state index is 12.8. The highest BCUT2D eigenvalue weighted by Gasteiger charge is 2.22. The van der Waals surface area contributed by atoms with Gasteiger partial charge in [-0.25, -0.2) is 9.18 Å². The van der Waals surface area contributed by atoms with Crippen LogP contribution in [0.2, 0.25) is 5.02 Å². The molecule has 7 heteroatoms. The molecule has 1 N–H and O–H groups in total. The second-order valence-corrected chi connectivity index (χ2v) is 4.32. The molecule has 1 unspecified atom stereocenters. The van der Waals surface area contributed by atoms with Crippen LogP contribution in [0.3, 0.4) is 0 Å². The van der Waals surface area contributed by atoms with E-state index in [4.69, 9.17) is 27.0 Å². The van der Waals surface area contributed by atoms with Gasteiger partial charge in [-0.3, -0.25) is 4.79 Å². The van der Waals surface area contributed by atoms with Crippen molar-refractivity contribution in [1.82, 2.24) is 0 Å². The average Bonchev–Trinajstić information content (AvgIpc) is 2.36. The van der Waals surface area contributed by atoms with Crippen molar-refractivity contribution in [2.75, 3.05) is 6.61 Å². The first kappa shape index (κ1) is 15.8. The van der Waals surface area contributed by atoms with Crippen LogP contribution in [0.15, 0.2) is 18.2 Å². The maximum atomic E-state index is 12.8. The lowest BCUT2D eigenvalue weighted by Crippen LogP contribution is -2.25. The molecule has 0 amide bonds. The number of rotatable bonds is 5. The van der Waals surface area contributed by atoms with E-state index in [1.165, 1.54) is 6.92 Å². The van der Waals surface area contributed by atoms with Gasteiger partial charge in [0.1, 0.15) is 11.7 Å². The van der Waals surface area contributed by atoms with Gasteiger partial charge in [0.25, 0.3) is 0 Å². The van der Waals surface area contributed by atoms with E-state index in [0.29, 0.717) is 0 Å². The molecular weight excluding hydrogens is 287 g/mol. The number of hydrogen-bond donors (Lipinski definition) is 1. The van der Waals surface area contributed by atoms with Crippen molar-refractivity contribution in [2.45, 2.75) is 6.92 Å². The molecule has 104 valence electrons. The van der Waals surface area contributed by atoms with Crippen LogP contribution in [-0.2, 0) is 9.53 Å². The molecule has 0 saturated carbocycles. The SMILES string of the molecule is CC(=N)C(C#N)C(=O)COC(=O)c1ccc(F)cc1Cl. The molecule has 0 aliphatic rings. The number of ketones is 1. The van der Waals surface area contributed by atoms with Crippen LogP contribution in [0.25, 0.3) is 0 Å². The lowest BCUT2D eigenvalue weighted by atomic mass is 10.0. The molecule has 0 saturated heterocycles. The molecule has 0 fully saturated rings. The third-order valence-electron chi connectivity index (χ3n) is 2.38. The van der Waals surface area contributed by atoms with E-state index in [2.05, 4.69) is 0 Å². The summed E-state index contributed by atoms with van der Waals surface area (Å²) in [7, 11) is 0. The normalized spacial score (nSPS) is 11.3. The molecule has 0 aliphatic carbocycles. The summed E-state index contributed by atoms with van der Waals surface area (Å²) in [5, 5.41) is 15.8. The minimum Gasteiger partial charge on any atom is -0.454 e. The highest BCUT2D eigenvalue weighted by Crippen LogP contribution is 2.18. The Labute approximate surface area is 119 Å². The number of hydrogen-bond acceptors (Lipinski definition) is 5. The van der Waals surface area contributed by atoms with Crippen LogP contribution in [0.5, 0.6) is 0 Å². The number of benzene rings is 1. The fourth-order valence-electron chi connectivity index (χ4n) is 1.36. The molecule has 1 atom stereocenters. The Bertz CT molecular complexity index is 610. The Balaban J connectivity index is 2.71. The second kappa shape index (κ2) is 6.78. The highest BCUT2D eigenvalue weighted by atomic mass is 35.5. The first-order valence-electron chi connectivity index (χ1n) is 5.46. The summed E-state index contributed by atoms with van der Waals surface area (Å²) in [6.07, 6.45) is 0. The zero-order valence-corrected chi connectivity index (χ0v) is 11.2. The van der Waals surface area contributed by atoms with E-state index < -0.39 is 30.1 Å². The predicted octanol–water partition coefficient (Wildman–Crippen LogP) is 2.38. The van der Waals surface area contributed by atoms with E-state index in [9.17, 15) is 14.0 Å². The Morgan fingerprint density at radius 2 is 2.20 bits per heavy atom. The van der Waals surface area contributed by atoms with Gasteiger partial charge in [0, 0.05) is 5.71 Å². The first-order valence-corrected chi connectivity index (χ1v) is 5.84. The van der Waals surface area contributed by atoms with Crippen molar-refractivity contribution >= 4 is 29.1 Å². The van der Waals surface area contributed by atoms with Crippen LogP contribution in [0.1, 0.15) is 17.3 Å². The van der Waals surface area contributed by atoms with Gasteiger partial charge in [-0.05, 0) is 25.1 Å². The zero-order valence-electron chi connectivity index (χ0n) is 10.4. The summed E-state index contributed by atoms with van der Waals surface area (Å²) < 4.78 is 17.5. The number of carbonyl (C=O) groups excluding carboxylic acids is 2. The molecule has 1 aromatic carbocycles. The monoisotopic (exact) mass is 296 g/mol. The quantitative estimate of drug-likeness (QED) is 0.667. The lowest BCUT2D eigenvalue weighted by molar-refractivity contribution is -0.122. The minimum atomic E-state index is -1.24. The standard InChI is InChI=1S/C13H10ClFN2O3/c1-7(17)10(5-16)12(18)6-20-13(19)9-3-2-8(15)4-11(9)14/h2-4,10,17H,6H2,1H3. The Morgan fingerprint density at radius 3 is 2.70 bits per heavy atom. The average molecular weight is 297 g/mol. The van der Waals surface area contributed by atoms with Gasteiger partial charge in [0.2, 0.25) is 0 Å². The molecule has 0 heterocycles. The van der Waals surface area contributed by atoms with Crippen molar-refractivity contribution in [2.24, 2.45) is 5.92 Å². The maximum Gasteiger partial charge on any atom is 0.340 e. The van der Waals surface area contributed by atoms with E-state index in [0.717, 1.165) is 18.2 Å². The van der Waals surface area contributed by atoms with E-state index >= 15 is 0 Å². The lowest BCUT2D eigenvalue weighted by Gasteiger charge is -2.08. The second-order valence-electron chi connectivity index (χ2n) is 3.91. The van der Waals surface area contributed by atoms with Crippen molar-refractivity contribution in [3.8, 4) is 6.07 Å². The molecular formula is C13H10ClFN2O3. The summed E-state index contributed by atoms with van der Waals surface area (Å²) >= 11 is 5.67. The molecule has 1 rings (SSSR count). The molecule has 0 radical (unpaired) electrons. The van der Waals surface area contributed by atoms with E-state index in [-0.39, 0.29) is 16.3 Å². The van der Waals surface area contributed by atoms with Crippen molar-refractivity contribution < 1.29 is 18.7 Å². The number of nitrogens with one attached hydrogen (secondary N) is 1. The molecule has 0 aliphatic heterocycles. The van der Waals surface area contributed by atoms with Gasteiger partial charge in [-0.2, -0.15) is 5.26 Å². The van der Waals surface area contributed by atoms with Crippen molar-refractivity contribution in [3.63, 3.8) is 0 Å². The molecule has 1 aromatic rings. The van der Waals surface area contributed by atoms with Gasteiger partial charge in [-0.1, -0.05) is 11.6 Å². The van der Waals surface area contributed by atoms with Crippen LogP contribution < -0.4 is 0 Å². The number of carbonyl (C=O) groups is 2. The van der Waals surface area contributed by atoms with Crippen molar-refractivity contribution in [1.29, 1.82) is 10.7 Å². The van der Waals surface area contributed by atoms with E-state index in [1.807, 2.05) is 0 Å². The summed E-state index contributed by atoms with van der Waals surface area (Å²) in [4.78, 5) is 23.2. The zero-order chi connectivity index (χ0) is 15.3.